The molecule has 0 aliphatic rings. The van der Waals surface area contributed by atoms with E-state index >= 15 is 0 Å². The molecule has 0 fully saturated rings. The summed E-state index contributed by atoms with van der Waals surface area (Å²) in [7, 11) is 0. The van der Waals surface area contributed by atoms with Crippen molar-refractivity contribution in [3.8, 4) is 0 Å². The lowest BCUT2D eigenvalue weighted by molar-refractivity contribution is -0.142. The van der Waals surface area contributed by atoms with Gasteiger partial charge in [-0.3, -0.25) is 9.48 Å². The van der Waals surface area contributed by atoms with E-state index in [2.05, 4.69) is 10.4 Å². The average Bonchev–Trinajstić information content (AvgIpc) is 3.02. The monoisotopic (exact) mass is 305 g/mol. The molecule has 0 saturated carbocycles. The third-order valence-corrected chi connectivity index (χ3v) is 3.27. The van der Waals surface area contributed by atoms with Crippen LogP contribution in [0.4, 0.5) is 4.39 Å². The van der Waals surface area contributed by atoms with Crippen LogP contribution < -0.4 is 5.32 Å². The summed E-state index contributed by atoms with van der Waals surface area (Å²) in [5, 5.41) is 15.7. The number of aromatic nitrogens is 2. The molecule has 1 aromatic carbocycles. The molecule has 0 aliphatic heterocycles. The number of halogens is 1. The maximum Gasteiger partial charge on any atom is 0.326 e. The normalized spacial score (nSPS) is 13.4. The number of hydrogen-bond acceptors (Lipinski definition) is 3. The Hall–Kier alpha value is -2.70. The van der Waals surface area contributed by atoms with E-state index in [9.17, 15) is 19.1 Å². The zero-order chi connectivity index (χ0) is 16.1. The number of nitrogens with zero attached hydrogens (tertiary/aromatic N) is 2. The van der Waals surface area contributed by atoms with Gasteiger partial charge in [0.05, 0.1) is 0 Å². The van der Waals surface area contributed by atoms with E-state index in [0.717, 1.165) is 0 Å². The molecule has 2 N–H and O–H groups in total. The first-order valence-electron chi connectivity index (χ1n) is 6.74. The van der Waals surface area contributed by atoms with Crippen LogP contribution in [0.3, 0.4) is 0 Å². The molecule has 2 rings (SSSR count). The number of amides is 1. The highest BCUT2D eigenvalue weighted by Gasteiger charge is 2.24. The molecular weight excluding hydrogens is 289 g/mol. The fourth-order valence-corrected chi connectivity index (χ4v) is 1.98. The van der Waals surface area contributed by atoms with Crippen LogP contribution >= 0.6 is 0 Å². The molecule has 7 heteroatoms. The summed E-state index contributed by atoms with van der Waals surface area (Å²) in [5.74, 6) is -1.99. The molecule has 0 aliphatic carbocycles. The molecule has 0 bridgehead atoms. The number of carboxylic acids is 1. The molecule has 22 heavy (non-hydrogen) atoms. The first-order chi connectivity index (χ1) is 10.5. The standard InChI is InChI=1S/C15H16FN3O3/c1-10(19-8-2-7-17-19)14(20)18-13(15(21)22)9-11-3-5-12(16)6-4-11/h2-8,10,13H,9H2,1H3,(H,18,20)(H,21,22)/t10-,13+/m1/s1. The summed E-state index contributed by atoms with van der Waals surface area (Å²) in [6, 6.07) is 5.46. The van der Waals surface area contributed by atoms with E-state index in [-0.39, 0.29) is 6.42 Å². The highest BCUT2D eigenvalue weighted by atomic mass is 19.1. The zero-order valence-corrected chi connectivity index (χ0v) is 11.9. The largest absolute Gasteiger partial charge is 0.480 e. The Morgan fingerprint density at radius 1 is 1.36 bits per heavy atom. The second-order valence-electron chi connectivity index (χ2n) is 4.89. The number of aliphatic carboxylic acids is 1. The van der Waals surface area contributed by atoms with Crippen LogP contribution in [-0.4, -0.2) is 32.8 Å². The number of rotatable bonds is 6. The number of benzene rings is 1. The van der Waals surface area contributed by atoms with Crippen LogP contribution in [0.5, 0.6) is 0 Å². The van der Waals surface area contributed by atoms with Crippen molar-refractivity contribution in [1.29, 1.82) is 0 Å². The second-order valence-corrected chi connectivity index (χ2v) is 4.89. The lowest BCUT2D eigenvalue weighted by atomic mass is 10.1. The number of carbonyl (C=O) groups is 2. The third kappa shape index (κ3) is 3.91. The summed E-state index contributed by atoms with van der Waals surface area (Å²) in [4.78, 5) is 23.4. The Bertz CT molecular complexity index is 641. The van der Waals surface area contributed by atoms with Gasteiger partial charge in [0.15, 0.2) is 0 Å². The van der Waals surface area contributed by atoms with E-state index < -0.39 is 29.8 Å². The molecule has 6 nitrogen and oxygen atoms in total. The first kappa shape index (κ1) is 15.7. The Labute approximate surface area is 126 Å². The summed E-state index contributed by atoms with van der Waals surface area (Å²) < 4.78 is 14.3. The minimum atomic E-state index is -1.15. The van der Waals surface area contributed by atoms with Gasteiger partial charge in [-0.2, -0.15) is 5.10 Å². The Morgan fingerprint density at radius 3 is 2.59 bits per heavy atom. The van der Waals surface area contributed by atoms with Crippen LogP contribution in [-0.2, 0) is 16.0 Å². The fourth-order valence-electron chi connectivity index (χ4n) is 1.98. The predicted octanol–water partition coefficient (Wildman–Crippen LogP) is 1.40. The summed E-state index contributed by atoms with van der Waals surface area (Å²) in [5.41, 5.74) is 0.626. The minimum absolute atomic E-state index is 0.0766. The quantitative estimate of drug-likeness (QED) is 0.845. The predicted molar refractivity (Wildman–Crippen MR) is 76.6 cm³/mol. The van der Waals surface area contributed by atoms with Gasteiger partial charge in [-0.05, 0) is 30.7 Å². The maximum atomic E-state index is 12.9. The number of nitrogens with one attached hydrogen (secondary N) is 1. The van der Waals surface area contributed by atoms with E-state index in [1.165, 1.54) is 35.1 Å². The van der Waals surface area contributed by atoms with Crippen molar-refractivity contribution in [3.63, 3.8) is 0 Å². The van der Waals surface area contributed by atoms with E-state index in [0.29, 0.717) is 5.56 Å². The van der Waals surface area contributed by atoms with Crippen LogP contribution in [0.15, 0.2) is 42.7 Å². The van der Waals surface area contributed by atoms with Crippen molar-refractivity contribution >= 4 is 11.9 Å². The molecule has 1 heterocycles. The second kappa shape index (κ2) is 6.84. The zero-order valence-electron chi connectivity index (χ0n) is 11.9. The van der Waals surface area contributed by atoms with Gasteiger partial charge in [-0.25, -0.2) is 9.18 Å². The van der Waals surface area contributed by atoms with E-state index in [1.807, 2.05) is 0 Å². The smallest absolute Gasteiger partial charge is 0.326 e. The molecule has 2 atom stereocenters. The van der Waals surface area contributed by atoms with Gasteiger partial charge >= 0.3 is 5.97 Å². The molecule has 0 radical (unpaired) electrons. The van der Waals surface area contributed by atoms with Crippen molar-refractivity contribution < 1.29 is 19.1 Å². The first-order valence-corrected chi connectivity index (χ1v) is 6.74. The summed E-state index contributed by atoms with van der Waals surface area (Å²) in [6.45, 7) is 1.62. The highest BCUT2D eigenvalue weighted by molar-refractivity contribution is 5.85. The minimum Gasteiger partial charge on any atom is -0.480 e. The van der Waals surface area contributed by atoms with E-state index in [1.54, 1.807) is 19.2 Å². The number of hydrogen-bond donors (Lipinski definition) is 2. The van der Waals surface area contributed by atoms with Gasteiger partial charge in [-0.15, -0.1) is 0 Å². The van der Waals surface area contributed by atoms with Gasteiger partial charge in [0.1, 0.15) is 17.9 Å². The van der Waals surface area contributed by atoms with Crippen LogP contribution in [0.25, 0.3) is 0 Å². The van der Waals surface area contributed by atoms with Crippen molar-refractivity contribution in [2.75, 3.05) is 0 Å². The fraction of sp³-hybridized carbons (Fsp3) is 0.267. The summed E-state index contributed by atoms with van der Waals surface area (Å²) in [6.07, 6.45) is 3.24. The highest BCUT2D eigenvalue weighted by Crippen LogP contribution is 2.08. The molecule has 0 spiro atoms. The summed E-state index contributed by atoms with van der Waals surface area (Å²) >= 11 is 0. The number of carbonyl (C=O) groups excluding carboxylic acids is 1. The molecule has 116 valence electrons. The molecule has 2 aromatic rings. The lowest BCUT2D eigenvalue weighted by Crippen LogP contribution is -2.45. The molecule has 0 unspecified atom stereocenters. The van der Waals surface area contributed by atoms with E-state index in [4.69, 9.17) is 0 Å². The topological polar surface area (TPSA) is 84.2 Å². The van der Waals surface area contributed by atoms with Crippen molar-refractivity contribution in [2.45, 2.75) is 25.4 Å². The van der Waals surface area contributed by atoms with Gasteiger partial charge in [0.2, 0.25) is 5.91 Å². The maximum absolute atomic E-state index is 12.9. The van der Waals surface area contributed by atoms with Crippen molar-refractivity contribution in [2.24, 2.45) is 0 Å². The van der Waals surface area contributed by atoms with Crippen LogP contribution in [0.2, 0.25) is 0 Å². The average molecular weight is 305 g/mol. The SMILES string of the molecule is C[C@H](C(=O)N[C@@H](Cc1ccc(F)cc1)C(=O)O)n1cccn1. The molecule has 0 saturated heterocycles. The molecule has 1 aromatic heterocycles. The Kier molecular flexibility index (Phi) is 4.88. The van der Waals surface area contributed by atoms with Crippen LogP contribution in [0, 0.1) is 5.82 Å². The van der Waals surface area contributed by atoms with Crippen molar-refractivity contribution in [3.05, 3.63) is 54.1 Å². The lowest BCUT2D eigenvalue weighted by Gasteiger charge is -2.18. The molecule has 1 amide bonds. The van der Waals surface area contributed by atoms with Gasteiger partial charge in [0, 0.05) is 18.8 Å². The Morgan fingerprint density at radius 2 is 2.05 bits per heavy atom. The van der Waals surface area contributed by atoms with Crippen LogP contribution in [0.1, 0.15) is 18.5 Å². The van der Waals surface area contributed by atoms with Gasteiger partial charge < -0.3 is 10.4 Å². The molecular formula is C15H16FN3O3. The van der Waals surface area contributed by atoms with Gasteiger partial charge in [-0.1, -0.05) is 12.1 Å². The Balaban J connectivity index is 2.04. The third-order valence-electron chi connectivity index (χ3n) is 3.27. The van der Waals surface area contributed by atoms with Gasteiger partial charge in [0.25, 0.3) is 0 Å². The number of carboxylic acid groups (broad SMARTS) is 1. The van der Waals surface area contributed by atoms with Crippen molar-refractivity contribution in [1.82, 2.24) is 15.1 Å².